The van der Waals surface area contributed by atoms with Crippen LogP contribution in [-0.4, -0.2) is 35.0 Å². The summed E-state index contributed by atoms with van der Waals surface area (Å²) in [4.78, 5) is 24.3. The summed E-state index contributed by atoms with van der Waals surface area (Å²) in [5, 5.41) is 8.97. The summed E-state index contributed by atoms with van der Waals surface area (Å²) in [7, 11) is 0. The van der Waals surface area contributed by atoms with Gasteiger partial charge in [-0.3, -0.25) is 9.59 Å². The topological polar surface area (TPSA) is 57.6 Å². The molecule has 1 aromatic rings. The lowest BCUT2D eigenvalue weighted by molar-refractivity contribution is -0.144. The average Bonchev–Trinajstić information content (AvgIpc) is 2.52. The summed E-state index contributed by atoms with van der Waals surface area (Å²) in [5.41, 5.74) is -3.94. The zero-order valence-electron chi connectivity index (χ0n) is 12.6. The van der Waals surface area contributed by atoms with Gasteiger partial charge in [0.2, 0.25) is 0 Å². The normalized spacial score (nSPS) is 19.0. The van der Waals surface area contributed by atoms with E-state index in [-0.39, 0.29) is 25.6 Å². The predicted molar refractivity (Wildman–Crippen MR) is 72.7 cm³/mol. The van der Waals surface area contributed by atoms with Crippen LogP contribution in [0.3, 0.4) is 0 Å². The van der Waals surface area contributed by atoms with Crippen molar-refractivity contribution in [3.05, 3.63) is 34.9 Å². The monoisotopic (exact) mass is 369 g/mol. The molecule has 1 saturated heterocycles. The SMILES string of the molecule is O=C(O)C1CCCN(C(=O)c2cc(C(F)(F)F)cc(C(F)(F)F)c2)C1. The van der Waals surface area contributed by atoms with Crippen LogP contribution in [0, 0.1) is 5.92 Å². The van der Waals surface area contributed by atoms with Gasteiger partial charge in [-0.1, -0.05) is 0 Å². The molecule has 4 nitrogen and oxygen atoms in total. The molecule has 0 bridgehead atoms. The molecule has 1 unspecified atom stereocenters. The smallest absolute Gasteiger partial charge is 0.416 e. The first-order chi connectivity index (χ1) is 11.4. The Morgan fingerprint density at radius 2 is 1.52 bits per heavy atom. The lowest BCUT2D eigenvalue weighted by atomic mass is 9.97. The van der Waals surface area contributed by atoms with Gasteiger partial charge in [-0.15, -0.1) is 0 Å². The fourth-order valence-electron chi connectivity index (χ4n) is 2.62. The van der Waals surface area contributed by atoms with Crippen LogP contribution in [0.15, 0.2) is 18.2 Å². The number of likely N-dealkylation sites (tertiary alicyclic amines) is 1. The van der Waals surface area contributed by atoms with Crippen LogP contribution in [0.2, 0.25) is 0 Å². The van der Waals surface area contributed by atoms with E-state index >= 15 is 0 Å². The third-order valence-corrected chi connectivity index (χ3v) is 3.89. The third kappa shape index (κ3) is 4.43. The van der Waals surface area contributed by atoms with E-state index in [1.54, 1.807) is 0 Å². The Labute approximate surface area is 138 Å². The molecule has 1 aromatic carbocycles. The molecule has 1 amide bonds. The van der Waals surface area contributed by atoms with Crippen molar-refractivity contribution in [2.24, 2.45) is 5.92 Å². The third-order valence-electron chi connectivity index (χ3n) is 3.89. The number of aliphatic carboxylic acids is 1. The molecular formula is C15H13F6NO3. The van der Waals surface area contributed by atoms with Crippen molar-refractivity contribution in [1.82, 2.24) is 4.90 Å². The highest BCUT2D eigenvalue weighted by Crippen LogP contribution is 2.36. The Bertz CT molecular complexity index is 651. The van der Waals surface area contributed by atoms with E-state index in [1.807, 2.05) is 0 Å². The molecule has 1 aliphatic heterocycles. The van der Waals surface area contributed by atoms with Gasteiger partial charge >= 0.3 is 18.3 Å². The number of carboxylic acids is 1. The number of hydrogen-bond acceptors (Lipinski definition) is 2. The summed E-state index contributed by atoms with van der Waals surface area (Å²) >= 11 is 0. The maximum absolute atomic E-state index is 12.8. The second-order valence-electron chi connectivity index (χ2n) is 5.72. The number of benzene rings is 1. The van der Waals surface area contributed by atoms with Crippen LogP contribution in [0.1, 0.15) is 34.3 Å². The second kappa shape index (κ2) is 6.57. The molecule has 0 saturated carbocycles. The van der Waals surface area contributed by atoms with Crippen molar-refractivity contribution >= 4 is 11.9 Å². The van der Waals surface area contributed by atoms with Crippen LogP contribution in [-0.2, 0) is 17.1 Å². The Morgan fingerprint density at radius 3 is 1.96 bits per heavy atom. The number of halogens is 6. The van der Waals surface area contributed by atoms with Gasteiger partial charge in [0.05, 0.1) is 17.0 Å². The van der Waals surface area contributed by atoms with Crippen molar-refractivity contribution in [2.75, 3.05) is 13.1 Å². The van der Waals surface area contributed by atoms with E-state index in [0.29, 0.717) is 18.6 Å². The minimum atomic E-state index is -5.05. The first kappa shape index (κ1) is 19.1. The van der Waals surface area contributed by atoms with Crippen LogP contribution in [0.4, 0.5) is 26.3 Å². The van der Waals surface area contributed by atoms with Gasteiger partial charge in [0.15, 0.2) is 0 Å². The quantitative estimate of drug-likeness (QED) is 0.810. The van der Waals surface area contributed by atoms with Crippen molar-refractivity contribution in [2.45, 2.75) is 25.2 Å². The minimum Gasteiger partial charge on any atom is -0.481 e. The molecule has 2 rings (SSSR count). The van der Waals surface area contributed by atoms with Crippen molar-refractivity contribution < 1.29 is 41.0 Å². The first-order valence-corrected chi connectivity index (χ1v) is 7.21. The highest BCUT2D eigenvalue weighted by molar-refractivity contribution is 5.95. The maximum Gasteiger partial charge on any atom is 0.416 e. The van der Waals surface area contributed by atoms with E-state index in [0.717, 1.165) is 4.90 Å². The number of carbonyl (C=O) groups is 2. The fraction of sp³-hybridized carbons (Fsp3) is 0.467. The van der Waals surface area contributed by atoms with Crippen LogP contribution in [0.25, 0.3) is 0 Å². The molecular weight excluding hydrogens is 356 g/mol. The number of amides is 1. The van der Waals surface area contributed by atoms with Crippen LogP contribution in [0.5, 0.6) is 0 Å². The molecule has 0 aliphatic carbocycles. The summed E-state index contributed by atoms with van der Waals surface area (Å²) in [6.45, 7) is -0.189. The Balaban J connectivity index is 2.40. The van der Waals surface area contributed by atoms with Crippen LogP contribution >= 0.6 is 0 Å². The summed E-state index contributed by atoms with van der Waals surface area (Å²) in [6.07, 6.45) is -9.52. The lowest BCUT2D eigenvalue weighted by Crippen LogP contribution is -2.42. The number of carboxylic acid groups (broad SMARTS) is 1. The largest absolute Gasteiger partial charge is 0.481 e. The number of hydrogen-bond donors (Lipinski definition) is 1. The summed E-state index contributed by atoms with van der Waals surface area (Å²) in [6, 6.07) is 0.636. The number of nitrogens with zero attached hydrogens (tertiary/aromatic N) is 1. The van der Waals surface area contributed by atoms with Gasteiger partial charge in [0, 0.05) is 18.7 Å². The zero-order chi connectivity index (χ0) is 19.0. The van der Waals surface area contributed by atoms with Crippen molar-refractivity contribution in [1.29, 1.82) is 0 Å². The zero-order valence-corrected chi connectivity index (χ0v) is 12.6. The highest BCUT2D eigenvalue weighted by atomic mass is 19.4. The Hall–Kier alpha value is -2.26. The van der Waals surface area contributed by atoms with Crippen LogP contribution < -0.4 is 0 Å². The van der Waals surface area contributed by atoms with Gasteiger partial charge in [-0.05, 0) is 31.0 Å². The fourth-order valence-corrected chi connectivity index (χ4v) is 2.62. The lowest BCUT2D eigenvalue weighted by Gasteiger charge is -2.31. The highest BCUT2D eigenvalue weighted by Gasteiger charge is 2.38. The van der Waals surface area contributed by atoms with Gasteiger partial charge in [0.25, 0.3) is 5.91 Å². The average molecular weight is 369 g/mol. The molecule has 0 radical (unpaired) electrons. The standard InChI is InChI=1S/C15H13F6NO3/c16-14(17,18)10-4-9(5-11(6-10)15(19,20)21)12(23)22-3-1-2-8(7-22)13(24)25/h4-6,8H,1-3,7H2,(H,24,25). The van der Waals surface area contributed by atoms with Gasteiger partial charge in [-0.25, -0.2) is 0 Å². The summed E-state index contributed by atoms with van der Waals surface area (Å²) < 4.78 is 77.0. The van der Waals surface area contributed by atoms with Gasteiger partial charge in [-0.2, -0.15) is 26.3 Å². The predicted octanol–water partition coefficient (Wildman–Crippen LogP) is 3.66. The van der Waals surface area contributed by atoms with E-state index < -0.39 is 46.8 Å². The molecule has 138 valence electrons. The maximum atomic E-state index is 12.8. The Morgan fingerprint density at radius 1 is 1.00 bits per heavy atom. The van der Waals surface area contributed by atoms with Gasteiger partial charge in [0.1, 0.15) is 0 Å². The number of rotatable bonds is 2. The van der Waals surface area contributed by atoms with E-state index in [2.05, 4.69) is 0 Å². The van der Waals surface area contributed by atoms with E-state index in [4.69, 9.17) is 5.11 Å². The molecule has 1 heterocycles. The van der Waals surface area contributed by atoms with Crippen molar-refractivity contribution in [3.63, 3.8) is 0 Å². The first-order valence-electron chi connectivity index (χ1n) is 7.21. The number of carbonyl (C=O) groups excluding carboxylic acids is 1. The summed E-state index contributed by atoms with van der Waals surface area (Å²) in [5.74, 6) is -3.12. The molecule has 1 atom stereocenters. The van der Waals surface area contributed by atoms with E-state index in [9.17, 15) is 35.9 Å². The molecule has 1 N–H and O–H groups in total. The molecule has 0 spiro atoms. The van der Waals surface area contributed by atoms with E-state index in [1.165, 1.54) is 0 Å². The van der Waals surface area contributed by atoms with Gasteiger partial charge < -0.3 is 10.0 Å². The second-order valence-corrected chi connectivity index (χ2v) is 5.72. The molecule has 0 aromatic heterocycles. The Kier molecular flexibility index (Phi) is 5.01. The molecule has 25 heavy (non-hydrogen) atoms. The minimum absolute atomic E-state index is 0.0625. The van der Waals surface area contributed by atoms with Crippen molar-refractivity contribution in [3.8, 4) is 0 Å². The number of alkyl halides is 6. The molecule has 1 aliphatic rings. The molecule has 10 heteroatoms. The number of piperidine rings is 1. The molecule has 1 fully saturated rings.